The SMILES string of the molecule is CC(C)N(C)C(=O)CN1CCCNc2ccccc21. The van der Waals surface area contributed by atoms with E-state index in [0.717, 1.165) is 30.9 Å². The van der Waals surface area contributed by atoms with Crippen LogP contribution >= 0.6 is 0 Å². The lowest BCUT2D eigenvalue weighted by Crippen LogP contribution is -2.41. The molecule has 4 heteroatoms. The lowest BCUT2D eigenvalue weighted by molar-refractivity contribution is -0.129. The highest BCUT2D eigenvalue weighted by Crippen LogP contribution is 2.27. The molecule has 4 nitrogen and oxygen atoms in total. The third-order valence-electron chi connectivity index (χ3n) is 3.66. The monoisotopic (exact) mass is 261 g/mol. The zero-order valence-electron chi connectivity index (χ0n) is 12.0. The summed E-state index contributed by atoms with van der Waals surface area (Å²) < 4.78 is 0. The summed E-state index contributed by atoms with van der Waals surface area (Å²) in [5.74, 6) is 0.173. The molecular formula is C15H23N3O. The number of nitrogens with one attached hydrogen (secondary N) is 1. The van der Waals surface area contributed by atoms with E-state index in [1.165, 1.54) is 0 Å². The third kappa shape index (κ3) is 3.19. The standard InChI is InChI=1S/C15H23N3O/c1-12(2)17(3)15(19)11-18-10-6-9-16-13-7-4-5-8-14(13)18/h4-5,7-8,12,16H,6,9-11H2,1-3H3. The van der Waals surface area contributed by atoms with Gasteiger partial charge in [0, 0.05) is 26.2 Å². The van der Waals surface area contributed by atoms with E-state index in [2.05, 4.69) is 22.3 Å². The van der Waals surface area contributed by atoms with E-state index in [-0.39, 0.29) is 11.9 Å². The normalized spacial score (nSPS) is 14.6. The van der Waals surface area contributed by atoms with Gasteiger partial charge in [-0.05, 0) is 32.4 Å². The van der Waals surface area contributed by atoms with Gasteiger partial charge in [-0.15, -0.1) is 0 Å². The zero-order valence-corrected chi connectivity index (χ0v) is 12.0. The Morgan fingerprint density at radius 1 is 1.42 bits per heavy atom. The van der Waals surface area contributed by atoms with Crippen molar-refractivity contribution in [1.82, 2.24) is 4.90 Å². The van der Waals surface area contributed by atoms with Crippen LogP contribution in [0.5, 0.6) is 0 Å². The van der Waals surface area contributed by atoms with Crippen LogP contribution in [0.2, 0.25) is 0 Å². The summed E-state index contributed by atoms with van der Waals surface area (Å²) in [6.45, 7) is 6.41. The maximum absolute atomic E-state index is 12.2. The minimum atomic E-state index is 0.173. The van der Waals surface area contributed by atoms with Gasteiger partial charge in [-0.25, -0.2) is 0 Å². The van der Waals surface area contributed by atoms with Gasteiger partial charge in [-0.1, -0.05) is 12.1 Å². The molecule has 0 spiro atoms. The molecule has 1 aliphatic heterocycles. The largest absolute Gasteiger partial charge is 0.383 e. The second kappa shape index (κ2) is 5.95. The lowest BCUT2D eigenvalue weighted by Gasteiger charge is -2.28. The van der Waals surface area contributed by atoms with Crippen LogP contribution in [0.25, 0.3) is 0 Å². The number of hydrogen-bond acceptors (Lipinski definition) is 3. The van der Waals surface area contributed by atoms with Crippen molar-refractivity contribution in [3.63, 3.8) is 0 Å². The number of para-hydroxylation sites is 2. The second-order valence-electron chi connectivity index (χ2n) is 5.32. The predicted octanol–water partition coefficient (Wildman–Crippen LogP) is 2.18. The first-order valence-corrected chi connectivity index (χ1v) is 6.93. The second-order valence-corrected chi connectivity index (χ2v) is 5.32. The Bertz CT molecular complexity index is 445. The molecule has 1 aromatic rings. The molecule has 104 valence electrons. The van der Waals surface area contributed by atoms with Crippen molar-refractivity contribution in [1.29, 1.82) is 0 Å². The van der Waals surface area contributed by atoms with Gasteiger partial charge in [-0.3, -0.25) is 4.79 Å². The number of anilines is 2. The number of benzene rings is 1. The fraction of sp³-hybridized carbons (Fsp3) is 0.533. The van der Waals surface area contributed by atoms with Gasteiger partial charge in [0.15, 0.2) is 0 Å². The molecule has 19 heavy (non-hydrogen) atoms. The van der Waals surface area contributed by atoms with E-state index in [1.807, 2.05) is 33.0 Å². The summed E-state index contributed by atoms with van der Waals surface area (Å²) in [5.41, 5.74) is 2.26. The molecule has 0 radical (unpaired) electrons. The number of carbonyl (C=O) groups is 1. The third-order valence-corrected chi connectivity index (χ3v) is 3.66. The van der Waals surface area contributed by atoms with Gasteiger partial charge in [0.25, 0.3) is 0 Å². The summed E-state index contributed by atoms with van der Waals surface area (Å²) in [6.07, 6.45) is 1.05. The highest BCUT2D eigenvalue weighted by atomic mass is 16.2. The fourth-order valence-electron chi connectivity index (χ4n) is 2.24. The molecule has 2 rings (SSSR count). The maximum Gasteiger partial charge on any atom is 0.242 e. The average molecular weight is 261 g/mol. The van der Waals surface area contributed by atoms with Gasteiger partial charge < -0.3 is 15.1 Å². The minimum absolute atomic E-state index is 0.173. The molecule has 1 aliphatic rings. The molecule has 1 heterocycles. The van der Waals surface area contributed by atoms with Crippen LogP contribution in [0.4, 0.5) is 11.4 Å². The molecule has 0 aromatic heterocycles. The summed E-state index contributed by atoms with van der Waals surface area (Å²) in [5, 5.41) is 3.41. The number of carbonyl (C=O) groups excluding carboxylic acids is 1. The maximum atomic E-state index is 12.2. The molecule has 0 aliphatic carbocycles. The van der Waals surface area contributed by atoms with Crippen LogP contribution in [0.3, 0.4) is 0 Å². The van der Waals surface area contributed by atoms with Crippen LogP contribution < -0.4 is 10.2 Å². The molecule has 1 N–H and O–H groups in total. The molecule has 1 amide bonds. The van der Waals surface area contributed by atoms with Gasteiger partial charge in [0.2, 0.25) is 5.91 Å². The Labute approximate surface area is 115 Å². The van der Waals surface area contributed by atoms with E-state index < -0.39 is 0 Å². The Morgan fingerprint density at radius 2 is 2.16 bits per heavy atom. The van der Waals surface area contributed by atoms with E-state index >= 15 is 0 Å². The highest BCUT2D eigenvalue weighted by molar-refractivity contribution is 5.83. The molecule has 0 unspecified atom stereocenters. The van der Waals surface area contributed by atoms with E-state index in [1.54, 1.807) is 4.90 Å². The Kier molecular flexibility index (Phi) is 4.30. The van der Waals surface area contributed by atoms with Gasteiger partial charge in [0.1, 0.15) is 0 Å². The average Bonchev–Trinajstić information content (AvgIpc) is 2.60. The van der Waals surface area contributed by atoms with Crippen LogP contribution in [0.1, 0.15) is 20.3 Å². The first-order chi connectivity index (χ1) is 9.09. The zero-order chi connectivity index (χ0) is 13.8. The van der Waals surface area contributed by atoms with Crippen molar-refractivity contribution in [2.45, 2.75) is 26.3 Å². The van der Waals surface area contributed by atoms with Gasteiger partial charge >= 0.3 is 0 Å². The smallest absolute Gasteiger partial charge is 0.242 e. The van der Waals surface area contributed by atoms with Crippen molar-refractivity contribution in [3.8, 4) is 0 Å². The molecule has 0 bridgehead atoms. The fourth-order valence-corrected chi connectivity index (χ4v) is 2.24. The van der Waals surface area contributed by atoms with Gasteiger partial charge in [-0.2, -0.15) is 0 Å². The number of fused-ring (bicyclic) bond motifs is 1. The molecule has 0 atom stereocenters. The van der Waals surface area contributed by atoms with Gasteiger partial charge in [0.05, 0.1) is 17.9 Å². The Balaban J connectivity index is 2.14. The topological polar surface area (TPSA) is 35.6 Å². The van der Waals surface area contributed by atoms with E-state index in [0.29, 0.717) is 6.54 Å². The lowest BCUT2D eigenvalue weighted by atomic mass is 10.2. The van der Waals surface area contributed by atoms with E-state index in [4.69, 9.17) is 0 Å². The number of likely N-dealkylation sites (N-methyl/N-ethyl adjacent to an activating group) is 1. The molecule has 0 fully saturated rings. The molecule has 1 aromatic carbocycles. The highest BCUT2D eigenvalue weighted by Gasteiger charge is 2.20. The molecular weight excluding hydrogens is 238 g/mol. The van der Waals surface area contributed by atoms with E-state index in [9.17, 15) is 4.79 Å². The van der Waals surface area contributed by atoms with Crippen LogP contribution in [0.15, 0.2) is 24.3 Å². The first-order valence-electron chi connectivity index (χ1n) is 6.93. The van der Waals surface area contributed by atoms with Crippen molar-refractivity contribution in [2.24, 2.45) is 0 Å². The summed E-state index contributed by atoms with van der Waals surface area (Å²) >= 11 is 0. The van der Waals surface area contributed by atoms with Crippen molar-refractivity contribution in [2.75, 3.05) is 36.9 Å². The summed E-state index contributed by atoms with van der Waals surface area (Å²) in [4.78, 5) is 16.2. The minimum Gasteiger partial charge on any atom is -0.383 e. The Hall–Kier alpha value is -1.71. The molecule has 0 saturated carbocycles. The summed E-state index contributed by atoms with van der Waals surface area (Å²) in [7, 11) is 1.87. The Morgan fingerprint density at radius 3 is 2.89 bits per heavy atom. The number of hydrogen-bond donors (Lipinski definition) is 1. The number of amides is 1. The van der Waals surface area contributed by atoms with Crippen LogP contribution in [-0.2, 0) is 4.79 Å². The van der Waals surface area contributed by atoms with Crippen LogP contribution in [-0.4, -0.2) is 43.5 Å². The van der Waals surface area contributed by atoms with Crippen molar-refractivity contribution >= 4 is 17.3 Å². The first kappa shape index (κ1) is 13.7. The van der Waals surface area contributed by atoms with Crippen molar-refractivity contribution < 1.29 is 4.79 Å². The molecule has 0 saturated heterocycles. The summed E-state index contributed by atoms with van der Waals surface area (Å²) in [6, 6.07) is 8.45. The number of rotatable bonds is 3. The predicted molar refractivity (Wildman–Crippen MR) is 79.7 cm³/mol. The van der Waals surface area contributed by atoms with Crippen molar-refractivity contribution in [3.05, 3.63) is 24.3 Å². The van der Waals surface area contributed by atoms with Crippen LogP contribution in [0, 0.1) is 0 Å². The number of nitrogens with zero attached hydrogens (tertiary/aromatic N) is 2. The quantitative estimate of drug-likeness (QED) is 0.906.